The molecule has 9 heteroatoms. The first kappa shape index (κ1) is 21.7. The highest BCUT2D eigenvalue weighted by Gasteiger charge is 2.50. The molecule has 2 saturated heterocycles. The van der Waals surface area contributed by atoms with Crippen LogP contribution in [-0.2, 0) is 11.2 Å². The molecule has 6 nitrogen and oxygen atoms in total. The lowest BCUT2D eigenvalue weighted by molar-refractivity contribution is 0.00701. The van der Waals surface area contributed by atoms with Gasteiger partial charge in [-0.15, -0.1) is 0 Å². The zero-order valence-electron chi connectivity index (χ0n) is 18.8. The molecule has 0 unspecified atom stereocenters. The number of piperazine rings is 1. The minimum Gasteiger partial charge on any atom is -0.444 e. The van der Waals surface area contributed by atoms with E-state index in [4.69, 9.17) is 9.72 Å². The number of rotatable bonds is 1. The number of ether oxygens (including phenoxy) is 1. The van der Waals surface area contributed by atoms with Crippen LogP contribution in [0.5, 0.6) is 0 Å². The molecular weight excluding hydrogens is 434 g/mol. The largest absolute Gasteiger partial charge is 0.444 e. The summed E-state index contributed by atoms with van der Waals surface area (Å²) in [5, 5.41) is 0.945. The summed E-state index contributed by atoms with van der Waals surface area (Å²) < 4.78 is 35.3. The van der Waals surface area contributed by atoms with Crippen LogP contribution in [0.4, 0.5) is 19.4 Å². The molecule has 172 valence electrons. The molecule has 3 aliphatic heterocycles. The average molecular weight is 463 g/mol. The van der Waals surface area contributed by atoms with Gasteiger partial charge in [0.25, 0.3) is 0 Å². The van der Waals surface area contributed by atoms with Crippen LogP contribution in [0.1, 0.15) is 52.0 Å². The van der Waals surface area contributed by atoms with Crippen LogP contribution in [0.3, 0.4) is 0 Å². The van der Waals surface area contributed by atoms with Crippen LogP contribution in [0.2, 0.25) is 0 Å². The molecule has 1 aromatic heterocycles. The van der Waals surface area contributed by atoms with Gasteiger partial charge in [0.2, 0.25) is 0 Å². The van der Waals surface area contributed by atoms with Gasteiger partial charge in [0.15, 0.2) is 11.0 Å². The van der Waals surface area contributed by atoms with Crippen molar-refractivity contribution in [3.8, 4) is 0 Å². The summed E-state index contributed by atoms with van der Waals surface area (Å²) in [6.07, 6.45) is 5.37. The van der Waals surface area contributed by atoms with E-state index in [-0.39, 0.29) is 29.7 Å². The van der Waals surface area contributed by atoms with E-state index in [1.165, 1.54) is 11.8 Å². The van der Waals surface area contributed by atoms with Gasteiger partial charge in [-0.1, -0.05) is 11.8 Å². The number of benzene rings is 1. The molecule has 1 aromatic carbocycles. The quantitative estimate of drug-likeness (QED) is 0.443. The lowest BCUT2D eigenvalue weighted by Gasteiger charge is -2.48. The highest BCUT2D eigenvalue weighted by Crippen LogP contribution is 2.43. The second-order valence-electron chi connectivity index (χ2n) is 9.87. The maximum Gasteiger partial charge on any atom is 0.410 e. The third kappa shape index (κ3) is 3.49. The molecule has 32 heavy (non-hydrogen) atoms. The Morgan fingerprint density at radius 3 is 2.66 bits per heavy atom. The van der Waals surface area contributed by atoms with Gasteiger partial charge in [0.1, 0.15) is 22.8 Å². The SMILES string of the molecule is CSc1nc2c3c(c(F)cc(F)c3n1)CCC[C@@H]1[C@@H]3CC[C@H](CN21)N3C(=O)OC(C)(C)C. The maximum absolute atomic E-state index is 14.8. The summed E-state index contributed by atoms with van der Waals surface area (Å²) in [5.74, 6) is -0.601. The Morgan fingerprint density at radius 1 is 1.16 bits per heavy atom. The van der Waals surface area contributed by atoms with Crippen molar-refractivity contribution in [3.05, 3.63) is 23.3 Å². The minimum absolute atomic E-state index is 0.00805. The first-order valence-electron chi connectivity index (χ1n) is 11.2. The van der Waals surface area contributed by atoms with Gasteiger partial charge in [-0.25, -0.2) is 23.5 Å². The van der Waals surface area contributed by atoms with Gasteiger partial charge in [-0.3, -0.25) is 4.90 Å². The lowest BCUT2D eigenvalue weighted by atomic mass is 9.91. The highest BCUT2D eigenvalue weighted by molar-refractivity contribution is 7.98. The molecule has 0 N–H and O–H groups in total. The van der Waals surface area contributed by atoms with Gasteiger partial charge >= 0.3 is 6.09 Å². The number of aromatic nitrogens is 2. The number of hydrogen-bond acceptors (Lipinski definition) is 6. The molecule has 0 radical (unpaired) electrons. The third-order valence-corrected chi connectivity index (χ3v) is 7.27. The first-order chi connectivity index (χ1) is 15.2. The van der Waals surface area contributed by atoms with E-state index in [9.17, 15) is 13.6 Å². The van der Waals surface area contributed by atoms with Crippen molar-refractivity contribution in [1.29, 1.82) is 0 Å². The summed E-state index contributed by atoms with van der Waals surface area (Å²) in [6.45, 7) is 6.19. The summed E-state index contributed by atoms with van der Waals surface area (Å²) in [6, 6.07) is 0.942. The van der Waals surface area contributed by atoms with Crippen LogP contribution in [0.15, 0.2) is 11.2 Å². The van der Waals surface area contributed by atoms with Crippen molar-refractivity contribution in [3.63, 3.8) is 0 Å². The van der Waals surface area contributed by atoms with E-state index < -0.39 is 17.2 Å². The summed E-state index contributed by atoms with van der Waals surface area (Å²) in [4.78, 5) is 26.3. The molecule has 0 saturated carbocycles. The molecule has 3 atom stereocenters. The van der Waals surface area contributed by atoms with E-state index >= 15 is 0 Å². The van der Waals surface area contributed by atoms with Crippen LogP contribution in [0, 0.1) is 11.6 Å². The number of carbonyl (C=O) groups is 1. The van der Waals surface area contributed by atoms with Crippen LogP contribution in [-0.4, -0.2) is 57.5 Å². The van der Waals surface area contributed by atoms with Gasteiger partial charge in [0.05, 0.1) is 23.5 Å². The standard InChI is InChI=1S/C23H28F2N4O2S/c1-23(2,3)31-22(30)29-12-8-9-17(29)16-7-5-6-13-14(24)10-15(25)19-18(13)20(28(16)11-12)27-21(26-19)32-4/h10,12,16-17H,5-9,11H2,1-4H3/t12-,16-,17+/m1/s1. The number of thioether (sulfide) groups is 1. The number of anilines is 1. The summed E-state index contributed by atoms with van der Waals surface area (Å²) in [7, 11) is 0. The monoisotopic (exact) mass is 462 g/mol. The number of hydrogen-bond donors (Lipinski definition) is 0. The predicted molar refractivity (Wildman–Crippen MR) is 120 cm³/mol. The fraction of sp³-hybridized carbons (Fsp3) is 0.609. The van der Waals surface area contributed by atoms with Gasteiger partial charge in [0, 0.05) is 18.2 Å². The number of halogens is 2. The van der Waals surface area contributed by atoms with Crippen LogP contribution >= 0.6 is 11.8 Å². The topological polar surface area (TPSA) is 58.6 Å². The van der Waals surface area contributed by atoms with E-state index in [2.05, 4.69) is 9.88 Å². The van der Waals surface area contributed by atoms with Crippen molar-refractivity contribution in [1.82, 2.24) is 14.9 Å². The molecule has 3 aliphatic rings. The van der Waals surface area contributed by atoms with Gasteiger partial charge in [-0.2, -0.15) is 0 Å². The number of aryl methyl sites for hydroxylation is 1. The molecule has 4 heterocycles. The Labute approximate surface area is 190 Å². The number of fused-ring (bicyclic) bond motifs is 5. The third-order valence-electron chi connectivity index (χ3n) is 6.72. The Morgan fingerprint density at radius 2 is 1.94 bits per heavy atom. The van der Waals surface area contributed by atoms with E-state index in [1.54, 1.807) is 0 Å². The number of amides is 1. The molecule has 2 aromatic rings. The van der Waals surface area contributed by atoms with Crippen molar-refractivity contribution in [2.75, 3.05) is 17.7 Å². The fourth-order valence-electron chi connectivity index (χ4n) is 5.53. The lowest BCUT2D eigenvalue weighted by Crippen LogP contribution is -2.62. The van der Waals surface area contributed by atoms with Crippen molar-refractivity contribution < 1.29 is 18.3 Å². The number of carbonyl (C=O) groups excluding carboxylic acids is 1. The van der Waals surface area contributed by atoms with Crippen LogP contribution in [0.25, 0.3) is 10.9 Å². The molecule has 0 aliphatic carbocycles. The van der Waals surface area contributed by atoms with Crippen molar-refractivity contribution >= 4 is 34.6 Å². The molecule has 5 rings (SSSR count). The van der Waals surface area contributed by atoms with Crippen molar-refractivity contribution in [2.24, 2.45) is 0 Å². The zero-order valence-corrected chi connectivity index (χ0v) is 19.6. The van der Waals surface area contributed by atoms with E-state index in [0.29, 0.717) is 34.9 Å². The van der Waals surface area contributed by atoms with E-state index in [0.717, 1.165) is 31.7 Å². The Kier molecular flexibility index (Phi) is 5.22. The summed E-state index contributed by atoms with van der Waals surface area (Å²) in [5.41, 5.74) is 0.108. The molecular formula is C23H28F2N4O2S. The second kappa shape index (κ2) is 7.71. The fourth-order valence-corrected chi connectivity index (χ4v) is 5.89. The number of nitrogens with zero attached hydrogens (tertiary/aromatic N) is 4. The maximum atomic E-state index is 14.8. The average Bonchev–Trinajstić information content (AvgIpc) is 3.04. The molecule has 0 spiro atoms. The second-order valence-corrected chi connectivity index (χ2v) is 10.6. The minimum atomic E-state index is -0.660. The molecule has 2 fully saturated rings. The Bertz CT molecular complexity index is 1090. The summed E-state index contributed by atoms with van der Waals surface area (Å²) >= 11 is 1.34. The van der Waals surface area contributed by atoms with E-state index in [1.807, 2.05) is 31.9 Å². The van der Waals surface area contributed by atoms with Gasteiger partial charge in [-0.05, 0) is 59.1 Å². The normalized spacial score (nSPS) is 24.9. The predicted octanol–water partition coefficient (Wildman–Crippen LogP) is 4.92. The molecule has 2 bridgehead atoms. The highest BCUT2D eigenvalue weighted by atomic mass is 32.2. The van der Waals surface area contributed by atoms with Gasteiger partial charge < -0.3 is 9.64 Å². The Hall–Kier alpha value is -2.16. The Balaban J connectivity index is 1.62. The molecule has 1 amide bonds. The first-order valence-corrected chi connectivity index (χ1v) is 12.4. The smallest absolute Gasteiger partial charge is 0.410 e. The van der Waals surface area contributed by atoms with Crippen molar-refractivity contribution in [2.45, 2.75) is 81.8 Å². The zero-order chi connectivity index (χ0) is 22.8. The van der Waals surface area contributed by atoms with Crippen LogP contribution < -0.4 is 4.90 Å².